The number of thioether (sulfide) groups is 1. The Bertz CT molecular complexity index is 355. The molecule has 0 radical (unpaired) electrons. The number of aliphatic hydroxyl groups excluding tert-OH is 1. The first kappa shape index (κ1) is 11.9. The molecule has 2 N–H and O–H groups in total. The molecule has 16 heavy (non-hydrogen) atoms. The van der Waals surface area contributed by atoms with Crippen LogP contribution in [0.2, 0.25) is 0 Å². The summed E-state index contributed by atoms with van der Waals surface area (Å²) in [5, 5.41) is 12.0. The van der Waals surface area contributed by atoms with Gasteiger partial charge in [-0.3, -0.25) is 0 Å². The van der Waals surface area contributed by atoms with Crippen LogP contribution in [0, 0.1) is 5.82 Å². The Morgan fingerprint density at radius 2 is 2.25 bits per heavy atom. The van der Waals surface area contributed by atoms with Gasteiger partial charge in [-0.05, 0) is 30.5 Å². The monoisotopic (exact) mass is 241 g/mol. The Morgan fingerprint density at radius 1 is 1.44 bits per heavy atom. The highest BCUT2D eigenvalue weighted by atomic mass is 32.2. The first-order valence-electron chi connectivity index (χ1n) is 5.55. The Hall–Kier alpha value is -0.580. The van der Waals surface area contributed by atoms with Crippen LogP contribution in [0.1, 0.15) is 18.4 Å². The van der Waals surface area contributed by atoms with Crippen LogP contribution in [-0.2, 0) is 6.54 Å². The summed E-state index contributed by atoms with van der Waals surface area (Å²) in [5.74, 6) is 0.352. The SMILES string of the molecule is OCCSc1ccc(CNC2CC2)cc1F. The second-order valence-corrected chi connectivity index (χ2v) is 5.13. The van der Waals surface area contributed by atoms with Crippen molar-refractivity contribution in [2.24, 2.45) is 0 Å². The van der Waals surface area contributed by atoms with Gasteiger partial charge in [0.25, 0.3) is 0 Å². The van der Waals surface area contributed by atoms with E-state index in [1.165, 1.54) is 24.6 Å². The molecule has 0 bridgehead atoms. The zero-order chi connectivity index (χ0) is 11.4. The van der Waals surface area contributed by atoms with Gasteiger partial charge in [0.2, 0.25) is 0 Å². The molecule has 1 saturated carbocycles. The Morgan fingerprint density at radius 3 is 2.88 bits per heavy atom. The van der Waals surface area contributed by atoms with Crippen LogP contribution in [0.5, 0.6) is 0 Å². The molecule has 1 aliphatic rings. The van der Waals surface area contributed by atoms with Crippen LogP contribution >= 0.6 is 11.8 Å². The molecule has 2 rings (SSSR count). The number of aliphatic hydroxyl groups is 1. The van der Waals surface area contributed by atoms with Crippen molar-refractivity contribution in [2.45, 2.75) is 30.3 Å². The fourth-order valence-corrected chi connectivity index (χ4v) is 2.15. The predicted molar refractivity (Wildman–Crippen MR) is 64.1 cm³/mol. The van der Waals surface area contributed by atoms with Gasteiger partial charge >= 0.3 is 0 Å². The van der Waals surface area contributed by atoms with Crippen LogP contribution in [0.15, 0.2) is 23.1 Å². The first-order valence-corrected chi connectivity index (χ1v) is 6.53. The van der Waals surface area contributed by atoms with Crippen molar-refractivity contribution < 1.29 is 9.50 Å². The molecule has 88 valence electrons. The number of hydrogen-bond acceptors (Lipinski definition) is 3. The molecule has 1 aliphatic carbocycles. The molecule has 4 heteroatoms. The van der Waals surface area contributed by atoms with Crippen molar-refractivity contribution in [2.75, 3.05) is 12.4 Å². The van der Waals surface area contributed by atoms with Crippen molar-refractivity contribution in [1.29, 1.82) is 0 Å². The van der Waals surface area contributed by atoms with Crippen LogP contribution in [0.25, 0.3) is 0 Å². The zero-order valence-electron chi connectivity index (χ0n) is 9.08. The third kappa shape index (κ3) is 3.47. The number of benzene rings is 1. The van der Waals surface area contributed by atoms with Gasteiger partial charge in [0.05, 0.1) is 6.61 Å². The minimum Gasteiger partial charge on any atom is -0.396 e. The maximum atomic E-state index is 13.6. The molecule has 1 fully saturated rings. The van der Waals surface area contributed by atoms with E-state index in [9.17, 15) is 4.39 Å². The van der Waals surface area contributed by atoms with E-state index in [0.717, 1.165) is 12.1 Å². The maximum Gasteiger partial charge on any atom is 0.137 e. The van der Waals surface area contributed by atoms with Gasteiger partial charge in [-0.1, -0.05) is 6.07 Å². The largest absolute Gasteiger partial charge is 0.396 e. The average molecular weight is 241 g/mol. The van der Waals surface area contributed by atoms with Gasteiger partial charge in [0, 0.05) is 23.2 Å². The number of hydrogen-bond donors (Lipinski definition) is 2. The van der Waals surface area contributed by atoms with Gasteiger partial charge in [-0.15, -0.1) is 11.8 Å². The summed E-state index contributed by atoms with van der Waals surface area (Å²) >= 11 is 1.35. The molecule has 1 aromatic rings. The third-order valence-electron chi connectivity index (χ3n) is 2.52. The molecule has 2 nitrogen and oxygen atoms in total. The van der Waals surface area contributed by atoms with Gasteiger partial charge in [0.1, 0.15) is 5.82 Å². The normalized spacial score (nSPS) is 15.4. The number of rotatable bonds is 6. The van der Waals surface area contributed by atoms with Crippen molar-refractivity contribution >= 4 is 11.8 Å². The van der Waals surface area contributed by atoms with E-state index in [1.807, 2.05) is 6.07 Å². The lowest BCUT2D eigenvalue weighted by molar-refractivity contribution is 0.322. The first-order chi connectivity index (χ1) is 7.79. The lowest BCUT2D eigenvalue weighted by Crippen LogP contribution is -2.15. The van der Waals surface area contributed by atoms with Crippen LogP contribution in [0.3, 0.4) is 0 Å². The lowest BCUT2D eigenvalue weighted by atomic mass is 10.2. The van der Waals surface area contributed by atoms with Gasteiger partial charge < -0.3 is 10.4 Å². The maximum absolute atomic E-state index is 13.6. The molecule has 0 atom stereocenters. The molecule has 0 heterocycles. The summed E-state index contributed by atoms with van der Waals surface area (Å²) in [5.41, 5.74) is 0.984. The fourth-order valence-electron chi connectivity index (χ4n) is 1.48. The second-order valence-electron chi connectivity index (χ2n) is 3.99. The highest BCUT2D eigenvalue weighted by Crippen LogP contribution is 2.23. The van der Waals surface area contributed by atoms with Gasteiger partial charge in [-0.25, -0.2) is 4.39 Å². The summed E-state index contributed by atoms with van der Waals surface area (Å²) < 4.78 is 13.6. The molecule has 0 amide bonds. The van der Waals surface area contributed by atoms with Crippen LogP contribution in [-0.4, -0.2) is 23.5 Å². The molecule has 0 aromatic heterocycles. The summed E-state index contributed by atoms with van der Waals surface area (Å²) in [6.45, 7) is 0.821. The van der Waals surface area contributed by atoms with E-state index in [1.54, 1.807) is 12.1 Å². The van der Waals surface area contributed by atoms with Gasteiger partial charge in [-0.2, -0.15) is 0 Å². The highest BCUT2D eigenvalue weighted by molar-refractivity contribution is 7.99. The lowest BCUT2D eigenvalue weighted by Gasteiger charge is -2.06. The third-order valence-corrected chi connectivity index (χ3v) is 3.55. The molecule has 0 unspecified atom stereocenters. The smallest absolute Gasteiger partial charge is 0.137 e. The van der Waals surface area contributed by atoms with E-state index in [0.29, 0.717) is 16.7 Å². The van der Waals surface area contributed by atoms with E-state index in [2.05, 4.69) is 5.32 Å². The molecule has 1 aromatic carbocycles. The van der Waals surface area contributed by atoms with E-state index >= 15 is 0 Å². The minimum absolute atomic E-state index is 0.0785. The van der Waals surface area contributed by atoms with Crippen molar-refractivity contribution in [1.82, 2.24) is 5.32 Å². The molecule has 0 aliphatic heterocycles. The van der Waals surface area contributed by atoms with Crippen LogP contribution in [0.4, 0.5) is 4.39 Å². The Kier molecular flexibility index (Phi) is 4.21. The average Bonchev–Trinajstić information content (AvgIpc) is 3.09. The summed E-state index contributed by atoms with van der Waals surface area (Å²) in [6.07, 6.45) is 2.49. The quantitative estimate of drug-likeness (QED) is 0.749. The number of nitrogens with one attached hydrogen (secondary N) is 1. The molecular weight excluding hydrogens is 225 g/mol. The summed E-state index contributed by atoms with van der Waals surface area (Å²) in [7, 11) is 0. The van der Waals surface area contributed by atoms with E-state index < -0.39 is 0 Å². The topological polar surface area (TPSA) is 32.3 Å². The minimum atomic E-state index is -0.187. The molecule has 0 spiro atoms. The standard InChI is InChI=1S/C12H16FNOS/c13-11-7-9(8-14-10-2-3-10)1-4-12(11)16-6-5-15/h1,4,7,10,14-15H,2-3,5-6,8H2. The number of halogens is 1. The fraction of sp³-hybridized carbons (Fsp3) is 0.500. The summed E-state index contributed by atoms with van der Waals surface area (Å²) in [4.78, 5) is 0.615. The van der Waals surface area contributed by atoms with E-state index in [-0.39, 0.29) is 12.4 Å². The molecular formula is C12H16FNOS. The van der Waals surface area contributed by atoms with Crippen molar-refractivity contribution in [3.05, 3.63) is 29.6 Å². The molecule has 0 saturated heterocycles. The second kappa shape index (κ2) is 5.66. The van der Waals surface area contributed by atoms with Crippen molar-refractivity contribution in [3.8, 4) is 0 Å². The summed E-state index contributed by atoms with van der Waals surface area (Å²) in [6, 6.07) is 5.96. The predicted octanol–water partition coefficient (Wildman–Crippen LogP) is 2.16. The highest BCUT2D eigenvalue weighted by Gasteiger charge is 2.20. The van der Waals surface area contributed by atoms with E-state index in [4.69, 9.17) is 5.11 Å². The van der Waals surface area contributed by atoms with Gasteiger partial charge in [0.15, 0.2) is 0 Å². The van der Waals surface area contributed by atoms with Crippen LogP contribution < -0.4 is 5.32 Å². The Labute approximate surface area is 99.2 Å². The Balaban J connectivity index is 1.91. The van der Waals surface area contributed by atoms with Crippen molar-refractivity contribution in [3.63, 3.8) is 0 Å². The zero-order valence-corrected chi connectivity index (χ0v) is 9.89.